The van der Waals surface area contributed by atoms with Crippen molar-refractivity contribution in [2.75, 3.05) is 39.1 Å². The molecule has 26 heavy (non-hydrogen) atoms. The van der Waals surface area contributed by atoms with E-state index in [0.29, 0.717) is 45.5 Å². The molecule has 6 nitrogen and oxygen atoms in total. The van der Waals surface area contributed by atoms with Crippen molar-refractivity contribution >= 4 is 15.9 Å². The van der Waals surface area contributed by atoms with Gasteiger partial charge in [0.1, 0.15) is 0 Å². The predicted molar refractivity (Wildman–Crippen MR) is 102 cm³/mol. The molecule has 1 N–H and O–H groups in total. The molecule has 1 amide bonds. The molecule has 0 aromatic heterocycles. The normalized spacial score (nSPS) is 16.5. The van der Waals surface area contributed by atoms with Gasteiger partial charge in [0.05, 0.1) is 5.75 Å². The third-order valence-corrected chi connectivity index (χ3v) is 6.71. The maximum Gasteiger partial charge on any atom is 0.223 e. The zero-order chi connectivity index (χ0) is 18.8. The Bertz CT molecular complexity index is 641. The molecule has 0 saturated carbocycles. The van der Waals surface area contributed by atoms with Crippen LogP contribution >= 0.6 is 0 Å². The van der Waals surface area contributed by atoms with Crippen LogP contribution in [0.25, 0.3) is 0 Å². The van der Waals surface area contributed by atoms with Crippen LogP contribution in [0, 0.1) is 5.92 Å². The minimum Gasteiger partial charge on any atom is -0.385 e. The highest BCUT2D eigenvalue weighted by molar-refractivity contribution is 7.89. The van der Waals surface area contributed by atoms with Crippen LogP contribution in [-0.2, 0) is 26.0 Å². The summed E-state index contributed by atoms with van der Waals surface area (Å²) in [5.41, 5.74) is 1.16. The number of nitrogens with one attached hydrogen (secondary N) is 1. The van der Waals surface area contributed by atoms with Gasteiger partial charge in [0.2, 0.25) is 15.9 Å². The minimum atomic E-state index is -3.24. The Morgan fingerprint density at radius 3 is 2.54 bits per heavy atom. The molecule has 1 aromatic carbocycles. The van der Waals surface area contributed by atoms with Gasteiger partial charge >= 0.3 is 0 Å². The van der Waals surface area contributed by atoms with Crippen LogP contribution in [-0.4, -0.2) is 57.7 Å². The average Bonchev–Trinajstić information content (AvgIpc) is 2.66. The van der Waals surface area contributed by atoms with Gasteiger partial charge in [-0.1, -0.05) is 30.3 Å². The zero-order valence-corrected chi connectivity index (χ0v) is 16.3. The molecule has 0 aliphatic carbocycles. The monoisotopic (exact) mass is 382 g/mol. The van der Waals surface area contributed by atoms with E-state index in [-0.39, 0.29) is 17.6 Å². The van der Waals surface area contributed by atoms with E-state index in [1.807, 2.05) is 30.3 Å². The maximum absolute atomic E-state index is 12.5. The molecular weight excluding hydrogens is 352 g/mol. The first kappa shape index (κ1) is 20.9. The number of hydrogen-bond donors (Lipinski definition) is 1. The van der Waals surface area contributed by atoms with Crippen LogP contribution in [0.5, 0.6) is 0 Å². The van der Waals surface area contributed by atoms with Gasteiger partial charge in [0.15, 0.2) is 0 Å². The lowest BCUT2D eigenvalue weighted by Gasteiger charge is -2.30. The van der Waals surface area contributed by atoms with E-state index in [4.69, 9.17) is 4.74 Å². The Labute approximate surface area is 157 Å². The molecule has 0 bridgehead atoms. The standard InChI is InChI=1S/C19H30N2O4S/c1-25-15-6-12-20-19(22)18-10-13-21(14-11-18)26(23,24)16-5-9-17-7-3-2-4-8-17/h2-4,7-8,18H,5-6,9-16H2,1H3,(H,20,22). The quantitative estimate of drug-likeness (QED) is 0.626. The predicted octanol–water partition coefficient (Wildman–Crippen LogP) is 1.81. The highest BCUT2D eigenvalue weighted by Gasteiger charge is 2.30. The summed E-state index contributed by atoms with van der Waals surface area (Å²) in [6.45, 7) is 2.10. The smallest absolute Gasteiger partial charge is 0.223 e. The third kappa shape index (κ3) is 6.70. The number of ether oxygens (including phenoxy) is 1. The van der Waals surface area contributed by atoms with E-state index >= 15 is 0 Å². The fourth-order valence-corrected chi connectivity index (χ4v) is 4.74. The zero-order valence-electron chi connectivity index (χ0n) is 15.5. The topological polar surface area (TPSA) is 75.7 Å². The summed E-state index contributed by atoms with van der Waals surface area (Å²) in [5, 5.41) is 2.91. The molecule has 0 spiro atoms. The van der Waals surface area contributed by atoms with E-state index < -0.39 is 10.0 Å². The number of methoxy groups -OCH3 is 1. The molecular formula is C19H30N2O4S. The van der Waals surface area contributed by atoms with Crippen molar-refractivity contribution in [1.29, 1.82) is 0 Å². The Balaban J connectivity index is 1.71. The van der Waals surface area contributed by atoms with Gasteiger partial charge in [0, 0.05) is 39.3 Å². The maximum atomic E-state index is 12.5. The van der Waals surface area contributed by atoms with E-state index in [2.05, 4.69) is 5.32 Å². The second kappa shape index (κ2) is 10.6. The van der Waals surface area contributed by atoms with Gasteiger partial charge in [-0.25, -0.2) is 12.7 Å². The van der Waals surface area contributed by atoms with Gasteiger partial charge in [-0.05, 0) is 37.7 Å². The second-order valence-electron chi connectivity index (χ2n) is 6.72. The molecule has 0 unspecified atom stereocenters. The van der Waals surface area contributed by atoms with Crippen molar-refractivity contribution in [3.63, 3.8) is 0 Å². The molecule has 1 aliphatic heterocycles. The van der Waals surface area contributed by atoms with Gasteiger partial charge in [-0.3, -0.25) is 4.79 Å². The van der Waals surface area contributed by atoms with Crippen LogP contribution in [0.1, 0.15) is 31.2 Å². The van der Waals surface area contributed by atoms with E-state index in [1.165, 1.54) is 0 Å². The number of amides is 1. The largest absolute Gasteiger partial charge is 0.385 e. The Kier molecular flexibility index (Phi) is 8.54. The summed E-state index contributed by atoms with van der Waals surface area (Å²) in [4.78, 5) is 12.1. The Morgan fingerprint density at radius 2 is 1.88 bits per heavy atom. The van der Waals surface area contributed by atoms with Crippen LogP contribution in [0.15, 0.2) is 30.3 Å². The number of hydrogen-bond acceptors (Lipinski definition) is 4. The van der Waals surface area contributed by atoms with Crippen molar-refractivity contribution < 1.29 is 17.9 Å². The first-order chi connectivity index (χ1) is 12.5. The molecule has 1 heterocycles. The van der Waals surface area contributed by atoms with E-state index in [9.17, 15) is 13.2 Å². The number of sulfonamides is 1. The molecule has 1 aliphatic rings. The molecule has 146 valence electrons. The van der Waals surface area contributed by atoms with Gasteiger partial charge < -0.3 is 10.1 Å². The average molecular weight is 383 g/mol. The number of benzene rings is 1. The van der Waals surface area contributed by atoms with Crippen molar-refractivity contribution in [2.45, 2.75) is 32.1 Å². The molecule has 1 aromatic rings. The summed E-state index contributed by atoms with van der Waals surface area (Å²) >= 11 is 0. The van der Waals surface area contributed by atoms with Crippen LogP contribution in [0.4, 0.5) is 0 Å². The summed E-state index contributed by atoms with van der Waals surface area (Å²) < 4.78 is 31.5. The number of aryl methyl sites for hydroxylation is 1. The molecule has 2 rings (SSSR count). The van der Waals surface area contributed by atoms with Gasteiger partial charge in [-0.15, -0.1) is 0 Å². The van der Waals surface area contributed by atoms with Crippen LogP contribution in [0.3, 0.4) is 0 Å². The molecule has 0 radical (unpaired) electrons. The molecule has 1 saturated heterocycles. The lowest BCUT2D eigenvalue weighted by atomic mass is 9.97. The number of piperidine rings is 1. The summed E-state index contributed by atoms with van der Waals surface area (Å²) in [5.74, 6) is 0.103. The highest BCUT2D eigenvalue weighted by atomic mass is 32.2. The summed E-state index contributed by atoms with van der Waals surface area (Å²) in [7, 11) is -1.61. The lowest BCUT2D eigenvalue weighted by Crippen LogP contribution is -2.44. The Morgan fingerprint density at radius 1 is 1.19 bits per heavy atom. The van der Waals surface area contributed by atoms with E-state index in [1.54, 1.807) is 11.4 Å². The number of carbonyl (C=O) groups is 1. The number of rotatable bonds is 10. The van der Waals surface area contributed by atoms with E-state index in [0.717, 1.165) is 18.4 Å². The fourth-order valence-electron chi connectivity index (χ4n) is 3.20. The lowest BCUT2D eigenvalue weighted by molar-refractivity contribution is -0.126. The Hall–Kier alpha value is -1.44. The van der Waals surface area contributed by atoms with Crippen molar-refractivity contribution in [2.24, 2.45) is 5.92 Å². The van der Waals surface area contributed by atoms with Crippen molar-refractivity contribution in [3.05, 3.63) is 35.9 Å². The number of nitrogens with zero attached hydrogens (tertiary/aromatic N) is 1. The molecule has 0 atom stereocenters. The first-order valence-electron chi connectivity index (χ1n) is 9.31. The number of carbonyl (C=O) groups excluding carboxylic acids is 1. The summed E-state index contributed by atoms with van der Waals surface area (Å²) in [6, 6.07) is 9.93. The summed E-state index contributed by atoms with van der Waals surface area (Å²) in [6.07, 6.45) is 3.35. The minimum absolute atomic E-state index is 0.0298. The first-order valence-corrected chi connectivity index (χ1v) is 10.9. The SMILES string of the molecule is COCCCNC(=O)C1CCN(S(=O)(=O)CCCc2ccccc2)CC1. The second-order valence-corrected chi connectivity index (χ2v) is 8.80. The van der Waals surface area contributed by atoms with Gasteiger partial charge in [-0.2, -0.15) is 0 Å². The van der Waals surface area contributed by atoms with Gasteiger partial charge in [0.25, 0.3) is 0 Å². The highest BCUT2D eigenvalue weighted by Crippen LogP contribution is 2.20. The third-order valence-electron chi connectivity index (χ3n) is 4.75. The molecule has 1 fully saturated rings. The fraction of sp³-hybridized carbons (Fsp3) is 0.632. The van der Waals surface area contributed by atoms with Crippen LogP contribution < -0.4 is 5.32 Å². The molecule has 7 heteroatoms. The van der Waals surface area contributed by atoms with Crippen LogP contribution in [0.2, 0.25) is 0 Å². The van der Waals surface area contributed by atoms with Crippen molar-refractivity contribution in [1.82, 2.24) is 9.62 Å². The van der Waals surface area contributed by atoms with Crippen molar-refractivity contribution in [3.8, 4) is 0 Å².